The van der Waals surface area contributed by atoms with Gasteiger partial charge in [-0.25, -0.2) is 13.2 Å². The van der Waals surface area contributed by atoms with E-state index < -0.39 is 15.8 Å². The van der Waals surface area contributed by atoms with Crippen molar-refractivity contribution in [2.24, 2.45) is 0 Å². The Kier molecular flexibility index (Phi) is 3.47. The summed E-state index contributed by atoms with van der Waals surface area (Å²) in [6, 6.07) is 4.43. The molecular weight excluding hydrogens is 266 g/mol. The van der Waals surface area contributed by atoms with Crippen LogP contribution in [0.1, 0.15) is 29.8 Å². The van der Waals surface area contributed by atoms with E-state index in [0.717, 1.165) is 0 Å². The van der Waals surface area contributed by atoms with Gasteiger partial charge in [0.05, 0.1) is 10.5 Å². The van der Waals surface area contributed by atoms with Gasteiger partial charge in [0.2, 0.25) is 9.84 Å². The van der Waals surface area contributed by atoms with Crippen LogP contribution < -0.4 is 5.32 Å². The van der Waals surface area contributed by atoms with Crippen LogP contribution in [0.25, 0.3) is 5.57 Å². The fourth-order valence-corrected chi connectivity index (χ4v) is 3.43. The summed E-state index contributed by atoms with van der Waals surface area (Å²) >= 11 is 0. The van der Waals surface area contributed by atoms with Crippen LogP contribution in [0, 0.1) is 0 Å². The zero-order valence-corrected chi connectivity index (χ0v) is 11.5. The van der Waals surface area contributed by atoms with Crippen molar-refractivity contribution in [3.63, 3.8) is 0 Å². The van der Waals surface area contributed by atoms with Crippen LogP contribution in [0.4, 0.5) is 0 Å². The van der Waals surface area contributed by atoms with Gasteiger partial charge < -0.3 is 10.4 Å². The van der Waals surface area contributed by atoms with Crippen molar-refractivity contribution in [2.75, 3.05) is 6.54 Å². The van der Waals surface area contributed by atoms with Crippen molar-refractivity contribution in [3.8, 4) is 0 Å². The van der Waals surface area contributed by atoms with Crippen LogP contribution in [0.3, 0.4) is 0 Å². The highest BCUT2D eigenvalue weighted by Crippen LogP contribution is 2.33. The first-order valence-electron chi connectivity index (χ1n) is 5.88. The van der Waals surface area contributed by atoms with E-state index in [4.69, 9.17) is 5.11 Å². The quantitative estimate of drug-likeness (QED) is 0.874. The Morgan fingerprint density at radius 1 is 1.37 bits per heavy atom. The Morgan fingerprint density at radius 3 is 2.63 bits per heavy atom. The van der Waals surface area contributed by atoms with Gasteiger partial charge in [0.1, 0.15) is 0 Å². The minimum atomic E-state index is -3.52. The zero-order chi connectivity index (χ0) is 14.2. The lowest BCUT2D eigenvalue weighted by Gasteiger charge is -2.09. The fourth-order valence-electron chi connectivity index (χ4n) is 1.92. The second-order valence-electron chi connectivity index (χ2n) is 4.74. The number of hydrogen-bond donors (Lipinski definition) is 2. The molecule has 0 atom stereocenters. The maximum atomic E-state index is 12.0. The molecule has 0 fully saturated rings. The first-order valence-corrected chi connectivity index (χ1v) is 7.42. The third-order valence-corrected chi connectivity index (χ3v) is 4.42. The average Bonchev–Trinajstić information content (AvgIpc) is 2.58. The topological polar surface area (TPSA) is 83.5 Å². The van der Waals surface area contributed by atoms with E-state index in [1.165, 1.54) is 17.5 Å². The summed E-state index contributed by atoms with van der Waals surface area (Å²) in [5.41, 5.74) is 1.23. The van der Waals surface area contributed by atoms with Gasteiger partial charge in [0.25, 0.3) is 0 Å². The molecule has 0 spiro atoms. The summed E-state index contributed by atoms with van der Waals surface area (Å²) in [5.74, 6) is -1.13. The van der Waals surface area contributed by atoms with Crippen LogP contribution in [-0.4, -0.2) is 32.1 Å². The fraction of sp³-hybridized carbons (Fsp3) is 0.308. The molecule has 0 saturated carbocycles. The minimum absolute atomic E-state index is 0.0196. The number of carboxylic acid groups (broad SMARTS) is 1. The largest absolute Gasteiger partial charge is 0.478 e. The number of hydrogen-bond acceptors (Lipinski definition) is 4. The summed E-state index contributed by atoms with van der Waals surface area (Å²) < 4.78 is 24.0. The van der Waals surface area contributed by atoms with Crippen LogP contribution in [0.15, 0.2) is 28.5 Å². The lowest BCUT2D eigenvalue weighted by atomic mass is 10.1. The van der Waals surface area contributed by atoms with Crippen LogP contribution >= 0.6 is 0 Å². The van der Waals surface area contributed by atoms with E-state index in [2.05, 4.69) is 5.32 Å². The molecule has 1 aromatic carbocycles. The number of nitrogens with one attached hydrogen (secondary N) is 1. The van der Waals surface area contributed by atoms with Crippen molar-refractivity contribution in [2.45, 2.75) is 24.8 Å². The lowest BCUT2D eigenvalue weighted by molar-refractivity contribution is 0.0696. The van der Waals surface area contributed by atoms with Crippen molar-refractivity contribution in [1.29, 1.82) is 0 Å². The SMILES string of the molecule is CC(C)NCC1=CS(=O)(=O)c2cc(C(=O)O)ccc21. The summed E-state index contributed by atoms with van der Waals surface area (Å²) in [5, 5.41) is 13.3. The van der Waals surface area contributed by atoms with Gasteiger partial charge in [-0.3, -0.25) is 0 Å². The lowest BCUT2D eigenvalue weighted by Crippen LogP contribution is -2.24. The second kappa shape index (κ2) is 4.79. The van der Waals surface area contributed by atoms with E-state index in [0.29, 0.717) is 17.7 Å². The van der Waals surface area contributed by atoms with Crippen LogP contribution in [0.2, 0.25) is 0 Å². The third-order valence-electron chi connectivity index (χ3n) is 2.88. The third kappa shape index (κ3) is 2.69. The molecule has 1 aliphatic rings. The highest BCUT2D eigenvalue weighted by molar-refractivity contribution is 7.95. The van der Waals surface area contributed by atoms with Gasteiger partial charge in [-0.15, -0.1) is 0 Å². The molecule has 102 valence electrons. The van der Waals surface area contributed by atoms with Crippen molar-refractivity contribution < 1.29 is 18.3 Å². The Hall–Kier alpha value is -1.66. The Balaban J connectivity index is 2.43. The monoisotopic (exact) mass is 281 g/mol. The second-order valence-corrected chi connectivity index (χ2v) is 6.51. The van der Waals surface area contributed by atoms with E-state index in [-0.39, 0.29) is 16.5 Å². The molecule has 19 heavy (non-hydrogen) atoms. The Morgan fingerprint density at radius 2 is 2.05 bits per heavy atom. The predicted octanol–water partition coefficient (Wildman–Crippen LogP) is 1.51. The molecule has 2 N–H and O–H groups in total. The van der Waals surface area contributed by atoms with Crippen molar-refractivity contribution in [1.82, 2.24) is 5.32 Å². The van der Waals surface area contributed by atoms with E-state index in [9.17, 15) is 13.2 Å². The molecule has 1 aliphatic heterocycles. The molecule has 0 unspecified atom stereocenters. The van der Waals surface area contributed by atoms with Gasteiger partial charge >= 0.3 is 5.97 Å². The number of carboxylic acids is 1. The molecular formula is C13H15NO4S. The van der Waals surface area contributed by atoms with Gasteiger partial charge in [-0.05, 0) is 23.3 Å². The molecule has 0 saturated heterocycles. The molecule has 2 rings (SSSR count). The molecule has 1 aromatic rings. The summed E-state index contributed by atoms with van der Waals surface area (Å²) in [6.45, 7) is 4.38. The van der Waals surface area contributed by atoms with E-state index in [1.54, 1.807) is 6.07 Å². The minimum Gasteiger partial charge on any atom is -0.478 e. The summed E-state index contributed by atoms with van der Waals surface area (Å²) in [6.07, 6.45) is 0. The highest BCUT2D eigenvalue weighted by atomic mass is 32.2. The van der Waals surface area contributed by atoms with Gasteiger partial charge in [0.15, 0.2) is 0 Å². The predicted molar refractivity (Wildman–Crippen MR) is 71.7 cm³/mol. The normalized spacial score (nSPS) is 16.3. The van der Waals surface area contributed by atoms with Crippen LogP contribution in [-0.2, 0) is 9.84 Å². The van der Waals surface area contributed by atoms with Gasteiger partial charge in [-0.2, -0.15) is 0 Å². The number of sulfone groups is 1. The van der Waals surface area contributed by atoms with E-state index in [1.807, 2.05) is 13.8 Å². The summed E-state index contributed by atoms with van der Waals surface area (Å²) in [7, 11) is -3.52. The molecule has 0 radical (unpaired) electrons. The van der Waals surface area contributed by atoms with Crippen molar-refractivity contribution >= 4 is 21.4 Å². The maximum Gasteiger partial charge on any atom is 0.335 e. The Bertz CT molecular complexity index is 659. The van der Waals surface area contributed by atoms with E-state index >= 15 is 0 Å². The number of aromatic carboxylic acids is 1. The number of carbonyl (C=O) groups is 1. The smallest absolute Gasteiger partial charge is 0.335 e. The maximum absolute atomic E-state index is 12.0. The molecule has 6 heteroatoms. The first-order chi connectivity index (χ1) is 8.81. The standard InChI is InChI=1S/C13H15NO4S/c1-8(2)14-6-10-7-19(17,18)12-5-9(13(15)16)3-4-11(10)12/h3-5,7-8,14H,6H2,1-2H3,(H,15,16). The number of rotatable bonds is 4. The first kappa shape index (κ1) is 13.8. The molecule has 5 nitrogen and oxygen atoms in total. The molecule has 0 amide bonds. The molecule has 0 aliphatic carbocycles. The number of benzene rings is 1. The molecule has 1 heterocycles. The number of fused-ring (bicyclic) bond motifs is 1. The Labute approximate surface area is 111 Å². The average molecular weight is 281 g/mol. The van der Waals surface area contributed by atoms with Crippen molar-refractivity contribution in [3.05, 3.63) is 34.7 Å². The van der Waals surface area contributed by atoms with Crippen LogP contribution in [0.5, 0.6) is 0 Å². The van der Waals surface area contributed by atoms with Gasteiger partial charge in [-0.1, -0.05) is 19.9 Å². The zero-order valence-electron chi connectivity index (χ0n) is 10.7. The highest BCUT2D eigenvalue weighted by Gasteiger charge is 2.27. The van der Waals surface area contributed by atoms with Gasteiger partial charge in [0, 0.05) is 18.0 Å². The molecule has 0 bridgehead atoms. The summed E-state index contributed by atoms with van der Waals surface area (Å²) in [4.78, 5) is 11.0. The molecule has 0 aromatic heterocycles.